The van der Waals surface area contributed by atoms with E-state index in [1.54, 1.807) is 12.1 Å². The Morgan fingerprint density at radius 2 is 1.65 bits per heavy atom. The molecule has 0 aliphatic heterocycles. The number of aromatic nitrogens is 3. The number of benzene rings is 3. The summed E-state index contributed by atoms with van der Waals surface area (Å²) in [7, 11) is 0. The summed E-state index contributed by atoms with van der Waals surface area (Å²) in [6.07, 6.45) is 0. The smallest absolute Gasteiger partial charge is 0.286 e. The van der Waals surface area contributed by atoms with E-state index in [4.69, 9.17) is 0 Å². The summed E-state index contributed by atoms with van der Waals surface area (Å²) in [4.78, 5) is 28.8. The van der Waals surface area contributed by atoms with Gasteiger partial charge in [0.25, 0.3) is 5.69 Å². The summed E-state index contributed by atoms with van der Waals surface area (Å²) in [6.45, 7) is 5.94. The number of aromatic amines is 1. The van der Waals surface area contributed by atoms with Crippen molar-refractivity contribution in [3.8, 4) is 27.6 Å². The molecule has 184 valence electrons. The van der Waals surface area contributed by atoms with Crippen molar-refractivity contribution in [1.82, 2.24) is 14.8 Å². The lowest BCUT2D eigenvalue weighted by atomic mass is 10.1. The molecule has 2 heterocycles. The first kappa shape index (κ1) is 24.0. The molecule has 0 unspecified atom stereocenters. The fraction of sp³-hybridized carbons (Fsp3) is 0.111. The molecule has 0 saturated carbocycles. The second-order valence-corrected chi connectivity index (χ2v) is 9.42. The number of hydrogen-bond donors (Lipinski definition) is 1. The topological polar surface area (TPSA) is 119 Å². The van der Waals surface area contributed by atoms with E-state index in [9.17, 15) is 14.9 Å². The third-order valence-electron chi connectivity index (χ3n) is 6.10. The van der Waals surface area contributed by atoms with Crippen molar-refractivity contribution in [2.75, 3.05) is 0 Å². The van der Waals surface area contributed by atoms with Crippen LogP contribution in [-0.4, -0.2) is 19.7 Å². The van der Waals surface area contributed by atoms with Gasteiger partial charge in [-0.05, 0) is 50.1 Å². The van der Waals surface area contributed by atoms with Crippen LogP contribution in [0, 0.1) is 30.9 Å². The van der Waals surface area contributed by atoms with E-state index >= 15 is 0 Å². The highest BCUT2D eigenvalue weighted by Crippen LogP contribution is 2.32. The first-order chi connectivity index (χ1) is 17.8. The maximum Gasteiger partial charge on any atom is 0.301 e. The molecule has 37 heavy (non-hydrogen) atoms. The number of aryl methyl sites for hydroxylation is 2. The van der Waals surface area contributed by atoms with Crippen LogP contribution in [0.3, 0.4) is 0 Å². The van der Waals surface area contributed by atoms with Gasteiger partial charge in [-0.15, -0.1) is 16.5 Å². The maximum atomic E-state index is 13.5. The SMILES string of the molecule is Cc1ccc(-c2csc(-n3[nH]c(-c4ccc([N+](=O)[O-])cc4)c(N=Nc4cccc(C)c4C)c3=O)n2)cc1. The fourth-order valence-corrected chi connectivity index (χ4v) is 4.57. The van der Waals surface area contributed by atoms with Crippen molar-refractivity contribution in [3.63, 3.8) is 0 Å². The highest BCUT2D eigenvalue weighted by molar-refractivity contribution is 7.12. The highest BCUT2D eigenvalue weighted by Gasteiger charge is 2.20. The minimum Gasteiger partial charge on any atom is -0.286 e. The first-order valence-corrected chi connectivity index (χ1v) is 12.3. The van der Waals surface area contributed by atoms with Crippen LogP contribution in [0.5, 0.6) is 0 Å². The fourth-order valence-electron chi connectivity index (χ4n) is 3.78. The van der Waals surface area contributed by atoms with E-state index < -0.39 is 10.5 Å². The molecule has 0 spiro atoms. The summed E-state index contributed by atoms with van der Waals surface area (Å²) in [5.74, 6) is 0. The molecule has 9 nitrogen and oxygen atoms in total. The molecule has 10 heteroatoms. The molecule has 2 aromatic heterocycles. The van der Waals surface area contributed by atoms with Crippen molar-refractivity contribution in [3.05, 3.63) is 109 Å². The first-order valence-electron chi connectivity index (χ1n) is 11.4. The Labute approximate surface area is 215 Å². The van der Waals surface area contributed by atoms with E-state index in [0.29, 0.717) is 22.1 Å². The van der Waals surface area contributed by atoms with Crippen LogP contribution < -0.4 is 5.56 Å². The van der Waals surface area contributed by atoms with E-state index in [-0.39, 0.29) is 11.4 Å². The van der Waals surface area contributed by atoms with Crippen molar-refractivity contribution >= 4 is 28.4 Å². The number of nitro groups is 1. The Balaban J connectivity index is 1.62. The second kappa shape index (κ2) is 9.75. The number of thiazole rings is 1. The molecule has 1 N–H and O–H groups in total. The Morgan fingerprint density at radius 1 is 0.946 bits per heavy atom. The van der Waals surface area contributed by atoms with Gasteiger partial charge in [0.2, 0.25) is 5.13 Å². The van der Waals surface area contributed by atoms with Crippen molar-refractivity contribution in [2.24, 2.45) is 10.2 Å². The highest BCUT2D eigenvalue weighted by atomic mass is 32.1. The number of nitrogens with zero attached hydrogens (tertiary/aromatic N) is 5. The molecular weight excluding hydrogens is 488 g/mol. The Bertz CT molecular complexity index is 1700. The van der Waals surface area contributed by atoms with Crippen LogP contribution >= 0.6 is 11.3 Å². The lowest BCUT2D eigenvalue weighted by molar-refractivity contribution is -0.384. The van der Waals surface area contributed by atoms with Gasteiger partial charge in [-0.1, -0.05) is 42.0 Å². The Hall–Kier alpha value is -4.70. The molecule has 0 fully saturated rings. The predicted octanol–water partition coefficient (Wildman–Crippen LogP) is 7.20. The Kier molecular flexibility index (Phi) is 6.33. The van der Waals surface area contributed by atoms with E-state index in [1.807, 2.05) is 68.6 Å². The van der Waals surface area contributed by atoms with Gasteiger partial charge in [-0.25, -0.2) is 4.98 Å². The number of nitrogens with one attached hydrogen (secondary N) is 1. The van der Waals surface area contributed by atoms with Gasteiger partial charge in [0.05, 0.1) is 22.0 Å². The lowest BCUT2D eigenvalue weighted by Gasteiger charge is -2.02. The number of H-pyrrole nitrogens is 1. The quantitative estimate of drug-likeness (QED) is 0.147. The van der Waals surface area contributed by atoms with Gasteiger partial charge in [0, 0.05) is 28.6 Å². The molecule has 0 aliphatic rings. The third-order valence-corrected chi connectivity index (χ3v) is 6.92. The van der Waals surface area contributed by atoms with Crippen molar-refractivity contribution in [2.45, 2.75) is 20.8 Å². The summed E-state index contributed by atoms with van der Waals surface area (Å²) in [6, 6.07) is 19.6. The second-order valence-electron chi connectivity index (χ2n) is 8.58. The molecular formula is C27H22N6O3S. The molecule has 0 saturated heterocycles. The predicted molar refractivity (Wildman–Crippen MR) is 144 cm³/mol. The zero-order valence-corrected chi connectivity index (χ0v) is 21.1. The number of non-ortho nitro benzene ring substituents is 1. The largest absolute Gasteiger partial charge is 0.301 e. The van der Waals surface area contributed by atoms with Gasteiger partial charge in [-0.3, -0.25) is 20.0 Å². The molecule has 0 radical (unpaired) electrons. The van der Waals surface area contributed by atoms with Gasteiger partial charge in [-0.2, -0.15) is 9.80 Å². The van der Waals surface area contributed by atoms with Crippen LogP contribution in [0.25, 0.3) is 27.6 Å². The zero-order chi connectivity index (χ0) is 26.1. The monoisotopic (exact) mass is 510 g/mol. The summed E-state index contributed by atoms with van der Waals surface area (Å²) in [5.41, 5.74) is 6.07. The van der Waals surface area contributed by atoms with Crippen LogP contribution in [0.2, 0.25) is 0 Å². The summed E-state index contributed by atoms with van der Waals surface area (Å²) in [5, 5.41) is 25.2. The number of rotatable bonds is 6. The molecule has 0 bridgehead atoms. The van der Waals surface area contributed by atoms with Crippen molar-refractivity contribution < 1.29 is 4.92 Å². The summed E-state index contributed by atoms with van der Waals surface area (Å²) >= 11 is 1.32. The van der Waals surface area contributed by atoms with Crippen LogP contribution in [-0.2, 0) is 0 Å². The molecule has 0 amide bonds. The van der Waals surface area contributed by atoms with E-state index in [1.165, 1.54) is 28.2 Å². The Morgan fingerprint density at radius 3 is 2.35 bits per heavy atom. The minimum absolute atomic E-state index is 0.0493. The molecule has 5 aromatic rings. The lowest BCUT2D eigenvalue weighted by Crippen LogP contribution is -2.13. The van der Waals surface area contributed by atoms with Crippen LogP contribution in [0.1, 0.15) is 16.7 Å². The molecule has 3 aromatic carbocycles. The molecule has 0 aliphatic carbocycles. The van der Waals surface area contributed by atoms with Gasteiger partial charge in [0.1, 0.15) is 0 Å². The zero-order valence-electron chi connectivity index (χ0n) is 20.3. The van der Waals surface area contributed by atoms with E-state index in [2.05, 4.69) is 20.3 Å². The minimum atomic E-state index is -0.471. The molecule has 0 atom stereocenters. The number of nitro benzene ring substituents is 1. The van der Waals surface area contributed by atoms with Gasteiger partial charge in [0.15, 0.2) is 5.69 Å². The number of hydrogen-bond acceptors (Lipinski definition) is 7. The van der Waals surface area contributed by atoms with Crippen molar-refractivity contribution in [1.29, 1.82) is 0 Å². The average molecular weight is 511 g/mol. The van der Waals surface area contributed by atoms with Crippen LogP contribution in [0.4, 0.5) is 17.1 Å². The number of azo groups is 1. The van der Waals surface area contributed by atoms with Crippen LogP contribution in [0.15, 0.2) is 87.1 Å². The van der Waals surface area contributed by atoms with Gasteiger partial charge < -0.3 is 0 Å². The average Bonchev–Trinajstić information content (AvgIpc) is 3.50. The van der Waals surface area contributed by atoms with Gasteiger partial charge >= 0.3 is 5.56 Å². The summed E-state index contributed by atoms with van der Waals surface area (Å²) < 4.78 is 1.33. The normalized spacial score (nSPS) is 11.3. The van der Waals surface area contributed by atoms with E-state index in [0.717, 1.165) is 27.9 Å². The molecule has 5 rings (SSSR count). The maximum absolute atomic E-state index is 13.5. The standard InChI is InChI=1S/C27H22N6O3S/c1-16-7-9-19(10-8-16)23-15-37-27(28-23)32-26(34)25(30-29-22-6-4-5-17(2)18(22)3)24(31-32)20-11-13-21(14-12-20)33(35)36/h4-15,31H,1-3H3. The third kappa shape index (κ3) is 4.74.